The first-order valence-corrected chi connectivity index (χ1v) is 8.06. The smallest absolute Gasteiger partial charge is 0.270 e. The van der Waals surface area contributed by atoms with Crippen molar-refractivity contribution < 1.29 is 4.92 Å². The molecule has 7 heteroatoms. The van der Waals surface area contributed by atoms with Crippen molar-refractivity contribution >= 4 is 39.8 Å². The highest BCUT2D eigenvalue weighted by molar-refractivity contribution is 6.30. The fraction of sp³-hybridized carbons (Fsp3) is 0.111. The molecule has 2 heterocycles. The summed E-state index contributed by atoms with van der Waals surface area (Å²) in [5.74, 6) is 0.612. The molecule has 0 N–H and O–H groups in total. The first-order chi connectivity index (χ1) is 12.0. The number of non-ortho nitro benzene ring substituents is 1. The number of nitro groups is 1. The Balaban J connectivity index is 1.87. The molecule has 0 bridgehead atoms. The van der Waals surface area contributed by atoms with Gasteiger partial charge < -0.3 is 0 Å². The summed E-state index contributed by atoms with van der Waals surface area (Å²) in [4.78, 5) is 27.7. The van der Waals surface area contributed by atoms with E-state index in [-0.39, 0.29) is 16.6 Å². The first-order valence-electron chi connectivity index (χ1n) is 7.68. The lowest BCUT2D eigenvalue weighted by molar-refractivity contribution is -0.384. The molecule has 1 aromatic heterocycles. The number of rotatable bonds is 2. The highest BCUT2D eigenvalue weighted by atomic mass is 35.5. The largest absolute Gasteiger partial charge is 0.292 e. The molecule has 1 aliphatic rings. The van der Waals surface area contributed by atoms with Crippen molar-refractivity contribution in [2.24, 2.45) is 0 Å². The van der Waals surface area contributed by atoms with E-state index in [1.54, 1.807) is 4.57 Å². The molecule has 3 aromatic rings. The van der Waals surface area contributed by atoms with Gasteiger partial charge in [-0.05, 0) is 41.8 Å². The number of hydrogen-bond acceptors (Lipinski definition) is 4. The van der Waals surface area contributed by atoms with Crippen LogP contribution < -0.4 is 5.56 Å². The molecule has 0 atom stereocenters. The van der Waals surface area contributed by atoms with Crippen molar-refractivity contribution in [1.82, 2.24) is 9.55 Å². The van der Waals surface area contributed by atoms with E-state index < -0.39 is 4.92 Å². The zero-order valence-corrected chi connectivity index (χ0v) is 13.7. The van der Waals surface area contributed by atoms with Gasteiger partial charge in [0.2, 0.25) is 0 Å². The minimum Gasteiger partial charge on any atom is -0.292 e. The van der Waals surface area contributed by atoms with Crippen molar-refractivity contribution in [3.05, 3.63) is 79.3 Å². The number of fused-ring (bicyclic) bond motifs is 2. The third-order valence-electron chi connectivity index (χ3n) is 4.25. The SMILES string of the molecule is O=c1c2cc([N+](=O)[O-])ccc2nc2n1CC/C2=C/c1ccc(Cl)cc1. The molecule has 0 saturated carbocycles. The second-order valence-electron chi connectivity index (χ2n) is 5.82. The van der Waals surface area contributed by atoms with Crippen molar-refractivity contribution in [2.75, 3.05) is 0 Å². The van der Waals surface area contributed by atoms with Gasteiger partial charge in [0.1, 0.15) is 5.82 Å². The van der Waals surface area contributed by atoms with Crippen LogP contribution in [0.1, 0.15) is 17.8 Å². The van der Waals surface area contributed by atoms with Crippen molar-refractivity contribution in [2.45, 2.75) is 13.0 Å². The van der Waals surface area contributed by atoms with Crippen LogP contribution >= 0.6 is 11.6 Å². The third-order valence-corrected chi connectivity index (χ3v) is 4.50. The zero-order valence-electron chi connectivity index (χ0n) is 13.0. The number of nitrogens with zero attached hydrogens (tertiary/aromatic N) is 3. The molecule has 1 aliphatic heterocycles. The van der Waals surface area contributed by atoms with E-state index in [0.29, 0.717) is 29.3 Å². The molecule has 0 saturated heterocycles. The minimum absolute atomic E-state index is 0.109. The molecule has 0 spiro atoms. The predicted molar refractivity (Wildman–Crippen MR) is 96.6 cm³/mol. The molecule has 0 amide bonds. The average Bonchev–Trinajstić information content (AvgIpc) is 3.00. The van der Waals surface area contributed by atoms with E-state index in [2.05, 4.69) is 4.98 Å². The van der Waals surface area contributed by atoms with Gasteiger partial charge in [0, 0.05) is 23.7 Å². The normalized spacial score (nSPS) is 14.8. The molecule has 25 heavy (non-hydrogen) atoms. The van der Waals surface area contributed by atoms with E-state index in [1.165, 1.54) is 18.2 Å². The third kappa shape index (κ3) is 2.70. The Morgan fingerprint density at radius 2 is 1.96 bits per heavy atom. The first kappa shape index (κ1) is 15.5. The summed E-state index contributed by atoms with van der Waals surface area (Å²) in [6.45, 7) is 0.513. The standard InChI is InChI=1S/C18H12ClN3O3/c19-13-3-1-11(2-4-13)9-12-7-8-21-17(12)20-16-6-5-14(22(24)25)10-15(16)18(21)23/h1-6,9-10H,7-8H2/b12-9-. The van der Waals surface area contributed by atoms with Crippen LogP contribution in [0.25, 0.3) is 22.6 Å². The molecule has 0 unspecified atom stereocenters. The topological polar surface area (TPSA) is 78.0 Å². The number of allylic oxidation sites excluding steroid dienone is 1. The number of hydrogen-bond donors (Lipinski definition) is 0. The van der Waals surface area contributed by atoms with Gasteiger partial charge in [-0.3, -0.25) is 19.5 Å². The van der Waals surface area contributed by atoms with Gasteiger partial charge in [-0.2, -0.15) is 0 Å². The maximum absolute atomic E-state index is 12.7. The number of benzene rings is 2. The Labute approximate surface area is 147 Å². The van der Waals surface area contributed by atoms with Gasteiger partial charge >= 0.3 is 0 Å². The van der Waals surface area contributed by atoms with E-state index in [0.717, 1.165) is 11.1 Å². The molecule has 0 fully saturated rings. The van der Waals surface area contributed by atoms with Gasteiger partial charge in [0.15, 0.2) is 0 Å². The quantitative estimate of drug-likeness (QED) is 0.517. The fourth-order valence-electron chi connectivity index (χ4n) is 3.02. The second-order valence-corrected chi connectivity index (χ2v) is 6.26. The van der Waals surface area contributed by atoms with Crippen LogP contribution in [0.4, 0.5) is 5.69 Å². The Hall–Kier alpha value is -2.99. The number of halogens is 1. The summed E-state index contributed by atoms with van der Waals surface area (Å²) in [6.07, 6.45) is 2.67. The van der Waals surface area contributed by atoms with Crippen LogP contribution in [0.5, 0.6) is 0 Å². The lowest BCUT2D eigenvalue weighted by Gasteiger charge is -2.05. The van der Waals surface area contributed by atoms with Crippen LogP contribution in [-0.4, -0.2) is 14.5 Å². The van der Waals surface area contributed by atoms with Gasteiger partial charge in [0.05, 0.1) is 15.8 Å². The monoisotopic (exact) mass is 353 g/mol. The summed E-state index contributed by atoms with van der Waals surface area (Å²) >= 11 is 5.90. The number of aromatic nitrogens is 2. The fourth-order valence-corrected chi connectivity index (χ4v) is 3.14. The molecule has 6 nitrogen and oxygen atoms in total. The van der Waals surface area contributed by atoms with Crippen LogP contribution in [0, 0.1) is 10.1 Å². The molecule has 124 valence electrons. The van der Waals surface area contributed by atoms with E-state index >= 15 is 0 Å². The van der Waals surface area contributed by atoms with Crippen LogP contribution in [0.2, 0.25) is 5.02 Å². The zero-order chi connectivity index (χ0) is 17.6. The van der Waals surface area contributed by atoms with Crippen LogP contribution in [-0.2, 0) is 6.54 Å². The lowest BCUT2D eigenvalue weighted by Crippen LogP contribution is -2.20. The lowest BCUT2D eigenvalue weighted by atomic mass is 10.1. The molecule has 0 radical (unpaired) electrons. The van der Waals surface area contributed by atoms with Crippen LogP contribution in [0.15, 0.2) is 47.3 Å². The van der Waals surface area contributed by atoms with Gasteiger partial charge in [-0.15, -0.1) is 0 Å². The average molecular weight is 354 g/mol. The van der Waals surface area contributed by atoms with Crippen molar-refractivity contribution in [3.63, 3.8) is 0 Å². The van der Waals surface area contributed by atoms with E-state index in [1.807, 2.05) is 30.3 Å². The van der Waals surface area contributed by atoms with Crippen molar-refractivity contribution in [3.8, 4) is 0 Å². The highest BCUT2D eigenvalue weighted by Gasteiger charge is 2.22. The Morgan fingerprint density at radius 3 is 2.68 bits per heavy atom. The Bertz CT molecular complexity index is 1100. The molecule has 0 aliphatic carbocycles. The molecular formula is C18H12ClN3O3. The van der Waals surface area contributed by atoms with Crippen LogP contribution in [0.3, 0.4) is 0 Å². The molecular weight excluding hydrogens is 342 g/mol. The summed E-state index contributed by atoms with van der Waals surface area (Å²) in [6, 6.07) is 11.6. The maximum Gasteiger partial charge on any atom is 0.270 e. The van der Waals surface area contributed by atoms with Crippen molar-refractivity contribution in [1.29, 1.82) is 0 Å². The van der Waals surface area contributed by atoms with Gasteiger partial charge in [0.25, 0.3) is 11.2 Å². The molecule has 4 rings (SSSR count). The Kier molecular flexibility index (Phi) is 3.62. The summed E-state index contributed by atoms with van der Waals surface area (Å²) in [5.41, 5.74) is 2.04. The molecule has 2 aromatic carbocycles. The summed E-state index contributed by atoms with van der Waals surface area (Å²) < 4.78 is 1.58. The predicted octanol–water partition coefficient (Wildman–Crippen LogP) is 3.90. The maximum atomic E-state index is 12.7. The number of nitro benzene ring substituents is 1. The van der Waals surface area contributed by atoms with E-state index in [9.17, 15) is 14.9 Å². The van der Waals surface area contributed by atoms with Gasteiger partial charge in [-0.25, -0.2) is 4.98 Å². The van der Waals surface area contributed by atoms with Gasteiger partial charge in [-0.1, -0.05) is 23.7 Å². The Morgan fingerprint density at radius 1 is 1.20 bits per heavy atom. The summed E-state index contributed by atoms with van der Waals surface area (Å²) in [7, 11) is 0. The highest BCUT2D eigenvalue weighted by Crippen LogP contribution is 2.28. The summed E-state index contributed by atoms with van der Waals surface area (Å²) in [5, 5.41) is 11.9. The second kappa shape index (κ2) is 5.82. The van der Waals surface area contributed by atoms with E-state index in [4.69, 9.17) is 11.6 Å². The minimum atomic E-state index is -0.511.